The minimum absolute atomic E-state index is 0.180. The first-order valence-corrected chi connectivity index (χ1v) is 4.45. The smallest absolute Gasteiger partial charge is 0.274 e. The number of nitrogens with two attached hydrogens (primary N) is 1. The Morgan fingerprint density at radius 2 is 2.13 bits per heavy atom. The lowest BCUT2D eigenvalue weighted by molar-refractivity contribution is -0.125. The van der Waals surface area contributed by atoms with Crippen LogP contribution in [0.4, 0.5) is 0 Å². The highest BCUT2D eigenvalue weighted by atomic mass is 16.6. The maximum absolute atomic E-state index is 10.7. The molecule has 1 aromatic rings. The summed E-state index contributed by atoms with van der Waals surface area (Å²) in [5.74, 6) is 4.45. The molecule has 0 aromatic heterocycles. The lowest BCUT2D eigenvalue weighted by Gasteiger charge is -2.01. The first-order valence-electron chi connectivity index (χ1n) is 4.45. The monoisotopic (exact) mass is 207 g/mol. The molecule has 3 N–H and O–H groups in total. The highest BCUT2D eigenvalue weighted by Crippen LogP contribution is 2.00. The largest absolute Gasteiger partial charge is 0.385 e. The van der Waals surface area contributed by atoms with Gasteiger partial charge in [0.15, 0.2) is 6.61 Å². The zero-order valence-corrected chi connectivity index (χ0v) is 8.43. The molecule has 0 heterocycles. The van der Waals surface area contributed by atoms with Crippen LogP contribution in [0, 0.1) is 0 Å². The molecule has 0 unspecified atom stereocenters. The van der Waals surface area contributed by atoms with Gasteiger partial charge in [0.25, 0.3) is 5.91 Å². The van der Waals surface area contributed by atoms with Crippen LogP contribution in [0.2, 0.25) is 0 Å². The van der Waals surface area contributed by atoms with E-state index < -0.39 is 5.91 Å². The van der Waals surface area contributed by atoms with Crippen LogP contribution < -0.4 is 11.3 Å². The van der Waals surface area contributed by atoms with Crippen molar-refractivity contribution >= 4 is 11.6 Å². The molecule has 5 nitrogen and oxygen atoms in total. The van der Waals surface area contributed by atoms with Crippen molar-refractivity contribution in [1.29, 1.82) is 0 Å². The number of carbonyl (C=O) groups excluding carboxylic acids is 1. The van der Waals surface area contributed by atoms with Gasteiger partial charge in [-0.05, 0) is 12.5 Å². The molecule has 0 spiro atoms. The predicted octanol–water partition coefficient (Wildman–Crippen LogP) is 0.417. The van der Waals surface area contributed by atoms with Crippen LogP contribution in [0.25, 0.3) is 0 Å². The Labute approximate surface area is 87.9 Å². The average Bonchev–Trinajstić information content (AvgIpc) is 2.29. The number of benzene rings is 1. The van der Waals surface area contributed by atoms with Crippen molar-refractivity contribution in [3.63, 3.8) is 0 Å². The van der Waals surface area contributed by atoms with Crippen LogP contribution in [0.1, 0.15) is 12.5 Å². The van der Waals surface area contributed by atoms with Gasteiger partial charge in [0, 0.05) is 0 Å². The maximum atomic E-state index is 10.7. The molecule has 0 aliphatic rings. The third kappa shape index (κ3) is 3.78. The normalized spacial score (nSPS) is 10.9. The summed E-state index contributed by atoms with van der Waals surface area (Å²) >= 11 is 0. The van der Waals surface area contributed by atoms with Gasteiger partial charge in [-0.25, -0.2) is 5.84 Å². The third-order valence-electron chi connectivity index (χ3n) is 1.75. The summed E-state index contributed by atoms with van der Waals surface area (Å²) in [7, 11) is 0. The average molecular weight is 207 g/mol. The van der Waals surface area contributed by atoms with Gasteiger partial charge in [-0.15, -0.1) is 0 Å². The standard InChI is InChI=1S/C10H13N3O2/c1-8(9-5-3-2-4-6-9)13-15-7-10(14)12-11/h2-6H,7,11H2,1H3,(H,12,14). The van der Waals surface area contributed by atoms with Crippen molar-refractivity contribution in [2.45, 2.75) is 6.92 Å². The summed E-state index contributed by atoms with van der Waals surface area (Å²) in [6.07, 6.45) is 0. The zero-order chi connectivity index (χ0) is 11.1. The van der Waals surface area contributed by atoms with Crippen molar-refractivity contribution in [3.05, 3.63) is 35.9 Å². The van der Waals surface area contributed by atoms with E-state index in [1.165, 1.54) is 0 Å². The van der Waals surface area contributed by atoms with Crippen LogP contribution in [0.3, 0.4) is 0 Å². The number of hydrazine groups is 1. The van der Waals surface area contributed by atoms with Gasteiger partial charge in [-0.1, -0.05) is 35.5 Å². The highest BCUT2D eigenvalue weighted by molar-refractivity contribution is 5.98. The Balaban J connectivity index is 2.50. The Kier molecular flexibility index (Phi) is 4.30. The quantitative estimate of drug-likeness (QED) is 0.325. The van der Waals surface area contributed by atoms with E-state index in [0.29, 0.717) is 5.71 Å². The number of nitrogens with one attached hydrogen (secondary N) is 1. The van der Waals surface area contributed by atoms with Gasteiger partial charge in [0.1, 0.15) is 0 Å². The van der Waals surface area contributed by atoms with Gasteiger partial charge >= 0.3 is 0 Å². The number of rotatable bonds is 4. The number of oxime groups is 1. The summed E-state index contributed by atoms with van der Waals surface area (Å²) < 4.78 is 0. The molecule has 0 radical (unpaired) electrons. The minimum Gasteiger partial charge on any atom is -0.385 e. The van der Waals surface area contributed by atoms with Gasteiger partial charge in [-0.2, -0.15) is 0 Å². The molecule has 0 saturated carbocycles. The summed E-state index contributed by atoms with van der Waals surface area (Å²) in [6, 6.07) is 9.54. The molecule has 0 fully saturated rings. The van der Waals surface area contributed by atoms with Crippen molar-refractivity contribution < 1.29 is 9.63 Å². The van der Waals surface area contributed by atoms with Crippen LogP contribution >= 0.6 is 0 Å². The van der Waals surface area contributed by atoms with Gasteiger partial charge in [0.05, 0.1) is 5.71 Å². The molecular formula is C10H13N3O2. The van der Waals surface area contributed by atoms with E-state index in [2.05, 4.69) is 5.16 Å². The van der Waals surface area contributed by atoms with Gasteiger partial charge in [-0.3, -0.25) is 10.2 Å². The second-order valence-corrected chi connectivity index (χ2v) is 2.88. The zero-order valence-electron chi connectivity index (χ0n) is 8.43. The molecule has 0 atom stereocenters. The van der Waals surface area contributed by atoms with Crippen molar-refractivity contribution in [2.24, 2.45) is 11.0 Å². The molecule has 0 aliphatic heterocycles. The molecule has 15 heavy (non-hydrogen) atoms. The highest BCUT2D eigenvalue weighted by Gasteiger charge is 1.99. The van der Waals surface area contributed by atoms with Crippen molar-refractivity contribution in [1.82, 2.24) is 5.43 Å². The summed E-state index contributed by atoms with van der Waals surface area (Å²) in [6.45, 7) is 1.62. The molecule has 0 saturated heterocycles. The number of nitrogens with zero attached hydrogens (tertiary/aromatic N) is 1. The molecule has 1 aromatic carbocycles. The van der Waals surface area contributed by atoms with Crippen LogP contribution in [0.5, 0.6) is 0 Å². The van der Waals surface area contributed by atoms with Gasteiger partial charge in [0.2, 0.25) is 0 Å². The van der Waals surface area contributed by atoms with Crippen molar-refractivity contribution in [3.8, 4) is 0 Å². The second kappa shape index (κ2) is 5.77. The molecule has 80 valence electrons. The topological polar surface area (TPSA) is 76.7 Å². The van der Waals surface area contributed by atoms with E-state index in [1.807, 2.05) is 35.8 Å². The van der Waals surface area contributed by atoms with E-state index in [1.54, 1.807) is 6.92 Å². The Morgan fingerprint density at radius 1 is 1.47 bits per heavy atom. The summed E-state index contributed by atoms with van der Waals surface area (Å²) in [5, 5.41) is 3.78. The van der Waals surface area contributed by atoms with E-state index in [9.17, 15) is 4.79 Å². The molecular weight excluding hydrogens is 194 g/mol. The van der Waals surface area contributed by atoms with Crippen LogP contribution in [-0.4, -0.2) is 18.2 Å². The molecule has 5 heteroatoms. The van der Waals surface area contributed by atoms with E-state index in [-0.39, 0.29) is 6.61 Å². The minimum atomic E-state index is -0.417. The Bertz CT molecular complexity index is 349. The van der Waals surface area contributed by atoms with E-state index in [0.717, 1.165) is 5.56 Å². The molecule has 0 aliphatic carbocycles. The van der Waals surface area contributed by atoms with Crippen LogP contribution in [0.15, 0.2) is 35.5 Å². The number of hydrogen-bond donors (Lipinski definition) is 2. The summed E-state index contributed by atoms with van der Waals surface area (Å²) in [4.78, 5) is 15.5. The molecule has 0 bridgehead atoms. The number of carbonyl (C=O) groups is 1. The maximum Gasteiger partial charge on any atom is 0.274 e. The number of hydrogen-bond acceptors (Lipinski definition) is 4. The lowest BCUT2D eigenvalue weighted by Crippen LogP contribution is -2.32. The lowest BCUT2D eigenvalue weighted by atomic mass is 10.1. The van der Waals surface area contributed by atoms with Gasteiger partial charge < -0.3 is 4.84 Å². The van der Waals surface area contributed by atoms with Crippen molar-refractivity contribution in [2.75, 3.05) is 6.61 Å². The molecule has 1 amide bonds. The first kappa shape index (κ1) is 11.2. The van der Waals surface area contributed by atoms with E-state index >= 15 is 0 Å². The Hall–Kier alpha value is -1.88. The SMILES string of the molecule is CC(=NOCC(=O)NN)c1ccccc1. The fraction of sp³-hybridized carbons (Fsp3) is 0.200. The van der Waals surface area contributed by atoms with Crippen LogP contribution in [-0.2, 0) is 9.63 Å². The third-order valence-corrected chi connectivity index (χ3v) is 1.75. The fourth-order valence-corrected chi connectivity index (χ4v) is 0.961. The first-order chi connectivity index (χ1) is 7.24. The van der Waals surface area contributed by atoms with E-state index in [4.69, 9.17) is 10.7 Å². The number of amides is 1. The summed E-state index contributed by atoms with van der Waals surface area (Å²) in [5.41, 5.74) is 3.60. The predicted molar refractivity (Wildman–Crippen MR) is 56.9 cm³/mol. The Morgan fingerprint density at radius 3 is 2.73 bits per heavy atom. The molecule has 1 rings (SSSR count). The fourth-order valence-electron chi connectivity index (χ4n) is 0.961. The second-order valence-electron chi connectivity index (χ2n) is 2.88.